The van der Waals surface area contributed by atoms with Crippen molar-refractivity contribution in [2.75, 3.05) is 19.8 Å². The highest BCUT2D eigenvalue weighted by molar-refractivity contribution is 7.47. The third kappa shape index (κ3) is 39.5. The average molecular weight is 834 g/mol. The molecule has 1 amide bonds. The second-order valence-corrected chi connectivity index (χ2v) is 15.6. The molecule has 4 N–H and O–H groups in total. The molecular formula is C46H76NO10P. The molecule has 0 spiro atoms. The van der Waals surface area contributed by atoms with Crippen molar-refractivity contribution in [2.45, 2.75) is 167 Å². The summed E-state index contributed by atoms with van der Waals surface area (Å²) in [4.78, 5) is 45.9. The summed E-state index contributed by atoms with van der Waals surface area (Å²) in [6, 6.07) is -1.56. The van der Waals surface area contributed by atoms with Gasteiger partial charge in [0.25, 0.3) is 0 Å². The van der Waals surface area contributed by atoms with Crippen molar-refractivity contribution in [3.8, 4) is 0 Å². The number of hydrogen-bond acceptors (Lipinski definition) is 8. The second-order valence-electron chi connectivity index (χ2n) is 14.1. The first kappa shape index (κ1) is 54.7. The Morgan fingerprint density at radius 3 is 1.50 bits per heavy atom. The van der Waals surface area contributed by atoms with Crippen molar-refractivity contribution in [1.82, 2.24) is 5.32 Å². The van der Waals surface area contributed by atoms with Crippen molar-refractivity contribution >= 4 is 25.7 Å². The molecule has 0 heterocycles. The molecule has 0 aliphatic heterocycles. The number of amides is 1. The van der Waals surface area contributed by atoms with Gasteiger partial charge in [-0.3, -0.25) is 18.6 Å². The van der Waals surface area contributed by atoms with Crippen molar-refractivity contribution in [2.24, 2.45) is 0 Å². The smallest absolute Gasteiger partial charge is 0.472 e. The van der Waals surface area contributed by atoms with Gasteiger partial charge in [0.1, 0.15) is 12.7 Å². The zero-order valence-corrected chi connectivity index (χ0v) is 36.5. The van der Waals surface area contributed by atoms with E-state index in [-0.39, 0.29) is 12.8 Å². The molecule has 0 saturated carbocycles. The molecule has 0 aliphatic rings. The van der Waals surface area contributed by atoms with Gasteiger partial charge in [0.05, 0.1) is 13.2 Å². The van der Waals surface area contributed by atoms with Gasteiger partial charge in [-0.05, 0) is 83.5 Å². The summed E-state index contributed by atoms with van der Waals surface area (Å²) < 4.78 is 26.8. The lowest BCUT2D eigenvalue weighted by atomic mass is 10.1. The van der Waals surface area contributed by atoms with Gasteiger partial charge in [-0.15, -0.1) is 0 Å². The monoisotopic (exact) mass is 834 g/mol. The van der Waals surface area contributed by atoms with Crippen LogP contribution in [0, 0.1) is 0 Å². The number of allylic oxidation sites excluding steroid dienone is 14. The number of rotatable bonds is 39. The standard InChI is InChI=1S/C46H76NO10P/c1-3-5-7-9-11-13-15-17-18-19-20-21-22-23-24-26-27-29-31-33-35-37-44(49)47-43(46(51)52)41-57-58(53,54)56-40-42(48)39-55-45(50)38-36-34-32-30-28-25-16-14-12-10-8-6-4-2/h5,7-8,10-11,13-14,16-18,20-21,23-24,42-43,48H,3-4,6,9,12,15,19,22,25-41H2,1-2H3,(H,47,49)(H,51,52)(H,53,54)/b7-5-,10-8-,13-11-,16-14-,18-17-,21-20-,24-23-. The van der Waals surface area contributed by atoms with Crippen molar-refractivity contribution in [3.63, 3.8) is 0 Å². The minimum absolute atomic E-state index is 0.117. The molecule has 0 aromatic rings. The van der Waals surface area contributed by atoms with Crippen LogP contribution in [0.25, 0.3) is 0 Å². The molecule has 0 aromatic carbocycles. The van der Waals surface area contributed by atoms with Crippen LogP contribution in [0.2, 0.25) is 0 Å². The number of esters is 1. The van der Waals surface area contributed by atoms with E-state index >= 15 is 0 Å². The number of ether oxygens (including phenoxy) is 1. The van der Waals surface area contributed by atoms with E-state index in [4.69, 9.17) is 13.8 Å². The Balaban J connectivity index is 3.99. The SMILES string of the molecule is CC/C=C\C/C=C\C/C=C\C/C=C\C/C=C\CCCCCCCC(=O)NC(COP(=O)(O)OCC(O)COC(=O)CCCCCCC/C=C\C/C=C\CCC)C(=O)O. The summed E-state index contributed by atoms with van der Waals surface area (Å²) in [5, 5.41) is 21.8. The number of carbonyl (C=O) groups is 3. The van der Waals surface area contributed by atoms with Crippen LogP contribution in [0.3, 0.4) is 0 Å². The van der Waals surface area contributed by atoms with Crippen LogP contribution in [-0.2, 0) is 32.7 Å². The molecule has 0 bridgehead atoms. The van der Waals surface area contributed by atoms with E-state index < -0.39 is 57.6 Å². The normalized spacial score (nSPS) is 14.6. The van der Waals surface area contributed by atoms with E-state index in [9.17, 15) is 34.1 Å². The average Bonchev–Trinajstić information content (AvgIpc) is 3.20. The zero-order chi connectivity index (χ0) is 42.8. The van der Waals surface area contributed by atoms with Crippen LogP contribution < -0.4 is 5.32 Å². The number of aliphatic hydroxyl groups is 1. The number of phosphoric ester groups is 1. The molecule has 0 rings (SSSR count). The fraction of sp³-hybridized carbons (Fsp3) is 0.630. The molecule has 3 unspecified atom stereocenters. The number of carbonyl (C=O) groups excluding carboxylic acids is 2. The number of aliphatic hydroxyl groups excluding tert-OH is 1. The molecule has 12 heteroatoms. The topological polar surface area (TPSA) is 169 Å². The number of carboxylic acid groups (broad SMARTS) is 1. The van der Waals surface area contributed by atoms with Crippen molar-refractivity contribution in [3.05, 3.63) is 85.1 Å². The van der Waals surface area contributed by atoms with E-state index in [2.05, 4.69) is 104 Å². The molecule has 0 aromatic heterocycles. The van der Waals surface area contributed by atoms with Crippen LogP contribution >= 0.6 is 7.82 Å². The number of phosphoric acid groups is 1. The summed E-state index contributed by atoms with van der Waals surface area (Å²) in [6.07, 6.45) is 48.9. The fourth-order valence-electron chi connectivity index (χ4n) is 5.32. The molecule has 0 aliphatic carbocycles. The number of hydrogen-bond donors (Lipinski definition) is 4. The van der Waals surface area contributed by atoms with Crippen LogP contribution in [-0.4, -0.2) is 64.9 Å². The molecule has 0 radical (unpaired) electrons. The van der Waals surface area contributed by atoms with Gasteiger partial charge in [-0.2, -0.15) is 0 Å². The van der Waals surface area contributed by atoms with Crippen LogP contribution in [0.5, 0.6) is 0 Å². The van der Waals surface area contributed by atoms with Gasteiger partial charge >= 0.3 is 19.8 Å². The highest BCUT2D eigenvalue weighted by Gasteiger charge is 2.28. The van der Waals surface area contributed by atoms with Crippen LogP contribution in [0.1, 0.15) is 155 Å². The Morgan fingerprint density at radius 2 is 1.00 bits per heavy atom. The molecule has 3 atom stereocenters. The summed E-state index contributed by atoms with van der Waals surface area (Å²) in [7, 11) is -4.77. The first-order valence-electron chi connectivity index (χ1n) is 21.6. The maximum absolute atomic E-state index is 12.3. The Morgan fingerprint density at radius 1 is 0.569 bits per heavy atom. The van der Waals surface area contributed by atoms with E-state index in [1.165, 1.54) is 6.42 Å². The Kier molecular flexibility index (Phi) is 38.1. The largest absolute Gasteiger partial charge is 0.480 e. The van der Waals surface area contributed by atoms with Crippen LogP contribution in [0.15, 0.2) is 85.1 Å². The molecule has 11 nitrogen and oxygen atoms in total. The van der Waals surface area contributed by atoms with Gasteiger partial charge in [-0.1, -0.05) is 144 Å². The lowest BCUT2D eigenvalue weighted by Gasteiger charge is -2.18. The summed E-state index contributed by atoms with van der Waals surface area (Å²) >= 11 is 0. The maximum Gasteiger partial charge on any atom is 0.472 e. The van der Waals surface area contributed by atoms with Crippen molar-refractivity contribution < 1.29 is 47.8 Å². The fourth-order valence-corrected chi connectivity index (χ4v) is 6.09. The van der Waals surface area contributed by atoms with Gasteiger partial charge in [0, 0.05) is 12.8 Å². The van der Waals surface area contributed by atoms with E-state index in [0.29, 0.717) is 12.8 Å². The van der Waals surface area contributed by atoms with Gasteiger partial charge in [-0.25, -0.2) is 9.36 Å². The van der Waals surface area contributed by atoms with E-state index in [1.54, 1.807) is 0 Å². The molecule has 58 heavy (non-hydrogen) atoms. The first-order valence-corrected chi connectivity index (χ1v) is 23.1. The summed E-state index contributed by atoms with van der Waals surface area (Å²) in [5.41, 5.74) is 0. The van der Waals surface area contributed by atoms with Crippen molar-refractivity contribution in [1.29, 1.82) is 0 Å². The quantitative estimate of drug-likeness (QED) is 0.0202. The predicted octanol–water partition coefficient (Wildman–Crippen LogP) is 11.1. The highest BCUT2D eigenvalue weighted by Crippen LogP contribution is 2.43. The Hall–Kier alpha value is -3.34. The Labute approximate surface area is 350 Å². The minimum atomic E-state index is -4.77. The third-order valence-corrected chi connectivity index (χ3v) is 9.60. The lowest BCUT2D eigenvalue weighted by Crippen LogP contribution is -2.43. The van der Waals surface area contributed by atoms with E-state index in [0.717, 1.165) is 109 Å². The van der Waals surface area contributed by atoms with Gasteiger partial charge in [0.15, 0.2) is 6.04 Å². The highest BCUT2D eigenvalue weighted by atomic mass is 31.2. The Bertz CT molecular complexity index is 1300. The van der Waals surface area contributed by atoms with E-state index in [1.807, 2.05) is 0 Å². The molecule has 330 valence electrons. The van der Waals surface area contributed by atoms with Gasteiger partial charge < -0.3 is 25.2 Å². The first-order chi connectivity index (χ1) is 28.1. The molecular weight excluding hydrogens is 757 g/mol. The number of aliphatic carboxylic acids is 1. The zero-order valence-electron chi connectivity index (χ0n) is 35.6. The molecule has 0 fully saturated rings. The predicted molar refractivity (Wildman–Crippen MR) is 235 cm³/mol. The second kappa shape index (κ2) is 40.4. The lowest BCUT2D eigenvalue weighted by molar-refractivity contribution is -0.147. The number of unbranched alkanes of at least 4 members (excludes halogenated alkanes) is 11. The number of carboxylic acids is 1. The number of nitrogens with one attached hydrogen (secondary N) is 1. The molecule has 0 saturated heterocycles. The maximum atomic E-state index is 12.3. The van der Waals surface area contributed by atoms with Gasteiger partial charge in [0.2, 0.25) is 5.91 Å². The minimum Gasteiger partial charge on any atom is -0.480 e. The summed E-state index contributed by atoms with van der Waals surface area (Å²) in [6.45, 7) is 2.36. The third-order valence-electron chi connectivity index (χ3n) is 8.65. The van der Waals surface area contributed by atoms with Crippen LogP contribution in [0.4, 0.5) is 0 Å². The summed E-state index contributed by atoms with van der Waals surface area (Å²) in [5.74, 6) is -2.43.